The summed E-state index contributed by atoms with van der Waals surface area (Å²) in [6.45, 7) is 11.5. The second-order valence-corrected chi connectivity index (χ2v) is 14.5. The lowest BCUT2D eigenvalue weighted by Gasteiger charge is -2.35. The smallest absolute Gasteiger partial charge is 0.209 e. The molecule has 1 unspecified atom stereocenters. The molecule has 0 amide bonds. The third-order valence-corrected chi connectivity index (χ3v) is 10.0. The van der Waals surface area contributed by atoms with Crippen molar-refractivity contribution in [2.24, 2.45) is 0 Å². The molecule has 1 atom stereocenters. The van der Waals surface area contributed by atoms with Crippen LogP contribution in [0.2, 0.25) is 32.2 Å². The van der Waals surface area contributed by atoms with Gasteiger partial charge in [-0.3, -0.25) is 0 Å². The summed E-state index contributed by atoms with van der Waals surface area (Å²) in [4.78, 5) is 0. The normalized spacial score (nSPS) is 15.6. The molecule has 0 bridgehead atoms. The second-order valence-electron chi connectivity index (χ2n) is 5.91. The fraction of sp³-hybridized carbons (Fsp3) is 0.571. The molecule has 0 saturated carbocycles. The first kappa shape index (κ1) is 14.7. The van der Waals surface area contributed by atoms with Gasteiger partial charge in [0.25, 0.3) is 0 Å². The summed E-state index contributed by atoms with van der Waals surface area (Å²) >= 11 is 0. The molecule has 0 N–H and O–H groups in total. The molecular weight excluding hydrogens is 240 g/mol. The molecule has 17 heavy (non-hydrogen) atoms. The summed E-state index contributed by atoms with van der Waals surface area (Å²) in [5.74, 6) is 0. The summed E-state index contributed by atoms with van der Waals surface area (Å²) in [5, 5.41) is 1.45. The van der Waals surface area contributed by atoms with Gasteiger partial charge in [-0.05, 0) is 37.4 Å². The van der Waals surface area contributed by atoms with Crippen molar-refractivity contribution in [3.63, 3.8) is 0 Å². The minimum atomic E-state index is -1.72. The zero-order valence-corrected chi connectivity index (χ0v) is 13.9. The maximum Gasteiger partial charge on any atom is 0.209 e. The molecule has 0 fully saturated rings. The fourth-order valence-corrected chi connectivity index (χ4v) is 10.7. The maximum atomic E-state index is 6.59. The lowest BCUT2D eigenvalue weighted by molar-refractivity contribution is 0.550. The summed E-state index contributed by atoms with van der Waals surface area (Å²) in [7, 11) is -3.18. The minimum absolute atomic E-state index is 1.25. The van der Waals surface area contributed by atoms with Crippen LogP contribution in [0.3, 0.4) is 0 Å². The van der Waals surface area contributed by atoms with Crippen molar-refractivity contribution < 1.29 is 4.12 Å². The minimum Gasteiger partial charge on any atom is -0.452 e. The van der Waals surface area contributed by atoms with Crippen molar-refractivity contribution in [2.75, 3.05) is 0 Å². The van der Waals surface area contributed by atoms with Crippen LogP contribution in [0, 0.1) is 0 Å². The summed E-state index contributed by atoms with van der Waals surface area (Å²) in [5.41, 5.74) is 0. The van der Waals surface area contributed by atoms with Gasteiger partial charge in [-0.1, -0.05) is 50.1 Å². The molecule has 0 heterocycles. The molecule has 1 nitrogen and oxygen atoms in total. The van der Waals surface area contributed by atoms with Crippen LogP contribution < -0.4 is 5.19 Å². The van der Waals surface area contributed by atoms with Gasteiger partial charge in [0, 0.05) is 0 Å². The Hall–Kier alpha value is -0.386. The number of rotatable bonds is 6. The van der Waals surface area contributed by atoms with Crippen LogP contribution in [0.25, 0.3) is 0 Å². The molecule has 0 radical (unpaired) electrons. The summed E-state index contributed by atoms with van der Waals surface area (Å²) < 4.78 is 6.59. The van der Waals surface area contributed by atoms with Gasteiger partial charge in [-0.15, -0.1) is 0 Å². The molecule has 1 aromatic rings. The molecule has 0 aliphatic rings. The number of hydrogen-bond donors (Lipinski definition) is 0. The zero-order valence-electron chi connectivity index (χ0n) is 11.9. The Balaban J connectivity index is 2.93. The van der Waals surface area contributed by atoms with E-state index in [1.54, 1.807) is 0 Å². The first-order valence-corrected chi connectivity index (χ1v) is 12.7. The van der Waals surface area contributed by atoms with E-state index in [2.05, 4.69) is 63.4 Å². The lowest BCUT2D eigenvalue weighted by atomic mass is 10.4. The van der Waals surface area contributed by atoms with Crippen molar-refractivity contribution in [3.05, 3.63) is 30.3 Å². The standard InChI is InChI=1S/C14H26OSi2/c1-6-7-13-17(5,15-16(2,3)4)14-11-9-8-10-12-14/h8-12H,6-7,13H2,1-5H3. The molecule has 1 rings (SSSR count). The van der Waals surface area contributed by atoms with E-state index in [4.69, 9.17) is 4.12 Å². The van der Waals surface area contributed by atoms with Gasteiger partial charge in [0.05, 0.1) is 0 Å². The molecule has 3 heteroatoms. The van der Waals surface area contributed by atoms with Crippen LogP contribution in [0.5, 0.6) is 0 Å². The van der Waals surface area contributed by atoms with Crippen LogP contribution in [0.4, 0.5) is 0 Å². The van der Waals surface area contributed by atoms with Gasteiger partial charge in [0.2, 0.25) is 8.32 Å². The van der Waals surface area contributed by atoms with E-state index >= 15 is 0 Å². The van der Waals surface area contributed by atoms with E-state index in [0.717, 1.165) is 0 Å². The van der Waals surface area contributed by atoms with Crippen molar-refractivity contribution in [1.29, 1.82) is 0 Å². The van der Waals surface area contributed by atoms with Gasteiger partial charge >= 0.3 is 0 Å². The molecule has 0 aliphatic heterocycles. The highest BCUT2D eigenvalue weighted by Gasteiger charge is 2.35. The Morgan fingerprint density at radius 1 is 1.00 bits per heavy atom. The van der Waals surface area contributed by atoms with Crippen LogP contribution in [-0.2, 0) is 4.12 Å². The summed E-state index contributed by atoms with van der Waals surface area (Å²) in [6, 6.07) is 12.1. The van der Waals surface area contributed by atoms with E-state index in [-0.39, 0.29) is 0 Å². The van der Waals surface area contributed by atoms with Crippen molar-refractivity contribution >= 4 is 21.8 Å². The van der Waals surface area contributed by atoms with E-state index < -0.39 is 16.6 Å². The third kappa shape index (κ3) is 4.78. The molecule has 0 aliphatic carbocycles. The third-order valence-electron chi connectivity index (χ3n) is 2.92. The average molecular weight is 267 g/mol. The Morgan fingerprint density at radius 2 is 1.59 bits per heavy atom. The van der Waals surface area contributed by atoms with E-state index in [9.17, 15) is 0 Å². The van der Waals surface area contributed by atoms with Gasteiger partial charge < -0.3 is 4.12 Å². The van der Waals surface area contributed by atoms with Crippen LogP contribution in [-0.4, -0.2) is 16.6 Å². The molecule has 0 spiro atoms. The first-order chi connectivity index (χ1) is 7.87. The monoisotopic (exact) mass is 266 g/mol. The average Bonchev–Trinajstić information content (AvgIpc) is 2.25. The SMILES string of the molecule is CCCC[Si](C)(O[Si](C)(C)C)c1ccccc1. The lowest BCUT2D eigenvalue weighted by Crippen LogP contribution is -2.53. The zero-order chi connectivity index (χ0) is 12.9. The second kappa shape index (κ2) is 5.98. The molecule has 1 aromatic carbocycles. The first-order valence-electron chi connectivity index (χ1n) is 6.63. The molecule has 96 valence electrons. The fourth-order valence-electron chi connectivity index (χ4n) is 2.23. The Morgan fingerprint density at radius 3 is 2.06 bits per heavy atom. The topological polar surface area (TPSA) is 9.23 Å². The maximum absolute atomic E-state index is 6.59. The van der Waals surface area contributed by atoms with Gasteiger partial charge in [0.1, 0.15) is 0 Å². The van der Waals surface area contributed by atoms with Gasteiger partial charge in [-0.2, -0.15) is 0 Å². The Kier molecular flexibility index (Phi) is 5.16. The van der Waals surface area contributed by atoms with Crippen molar-refractivity contribution in [1.82, 2.24) is 0 Å². The highest BCUT2D eigenvalue weighted by molar-refractivity contribution is 6.92. The highest BCUT2D eigenvalue weighted by atomic mass is 28.4. The highest BCUT2D eigenvalue weighted by Crippen LogP contribution is 2.21. The van der Waals surface area contributed by atoms with E-state index in [1.165, 1.54) is 24.1 Å². The molecule has 0 aromatic heterocycles. The van der Waals surface area contributed by atoms with Crippen molar-refractivity contribution in [2.45, 2.75) is 52.0 Å². The largest absolute Gasteiger partial charge is 0.452 e. The van der Waals surface area contributed by atoms with Crippen LogP contribution in [0.1, 0.15) is 19.8 Å². The van der Waals surface area contributed by atoms with Gasteiger partial charge in [0.15, 0.2) is 8.32 Å². The Bertz CT molecular complexity index is 332. The Labute approximate surface area is 108 Å². The number of benzene rings is 1. The van der Waals surface area contributed by atoms with Gasteiger partial charge in [-0.25, -0.2) is 0 Å². The molecular formula is C14H26OSi2. The number of unbranched alkanes of at least 4 members (excludes halogenated alkanes) is 1. The predicted octanol–water partition coefficient (Wildman–Crippen LogP) is 4.12. The van der Waals surface area contributed by atoms with E-state index in [0.29, 0.717) is 0 Å². The van der Waals surface area contributed by atoms with Crippen molar-refractivity contribution in [3.8, 4) is 0 Å². The van der Waals surface area contributed by atoms with E-state index in [1.807, 2.05) is 0 Å². The predicted molar refractivity (Wildman–Crippen MR) is 81.8 cm³/mol. The van der Waals surface area contributed by atoms with Crippen LogP contribution >= 0.6 is 0 Å². The summed E-state index contributed by atoms with van der Waals surface area (Å²) in [6.07, 6.45) is 2.53. The molecule has 0 saturated heterocycles. The van der Waals surface area contributed by atoms with Crippen LogP contribution in [0.15, 0.2) is 30.3 Å². The number of hydrogen-bond acceptors (Lipinski definition) is 1. The quantitative estimate of drug-likeness (QED) is 0.704.